The summed E-state index contributed by atoms with van der Waals surface area (Å²) in [6.45, 7) is 0. The van der Waals surface area contributed by atoms with Gasteiger partial charge < -0.3 is 15.4 Å². The number of rotatable bonds is 5. The van der Waals surface area contributed by atoms with E-state index in [2.05, 4.69) is 25.9 Å². The van der Waals surface area contributed by atoms with E-state index in [1.54, 1.807) is 35.1 Å². The maximum Gasteiger partial charge on any atom is 0.323 e. The lowest BCUT2D eigenvalue weighted by Gasteiger charge is -2.10. The van der Waals surface area contributed by atoms with E-state index in [0.717, 1.165) is 17.0 Å². The van der Waals surface area contributed by atoms with E-state index in [0.29, 0.717) is 22.8 Å². The van der Waals surface area contributed by atoms with Gasteiger partial charge in [0.05, 0.1) is 5.69 Å². The van der Waals surface area contributed by atoms with Crippen molar-refractivity contribution in [3.63, 3.8) is 0 Å². The molecule has 3 aromatic carbocycles. The van der Waals surface area contributed by atoms with Crippen molar-refractivity contribution in [2.24, 2.45) is 0 Å². The number of anilines is 2. The second-order valence-electron chi connectivity index (χ2n) is 6.95. The third-order valence-electron chi connectivity index (χ3n) is 4.67. The summed E-state index contributed by atoms with van der Waals surface area (Å²) in [5.41, 5.74) is 3.58. The van der Waals surface area contributed by atoms with Gasteiger partial charge in [-0.15, -0.1) is 10.2 Å². The lowest BCUT2D eigenvalue weighted by Crippen LogP contribution is -2.19. The Morgan fingerprint density at radius 1 is 0.781 bits per heavy atom. The van der Waals surface area contributed by atoms with E-state index in [-0.39, 0.29) is 6.03 Å². The Balaban J connectivity index is 1.23. The first-order chi connectivity index (χ1) is 15.7. The molecule has 0 saturated carbocycles. The summed E-state index contributed by atoms with van der Waals surface area (Å²) in [4.78, 5) is 12.5. The summed E-state index contributed by atoms with van der Waals surface area (Å²) in [5.74, 6) is 1.44. The Morgan fingerprint density at radius 2 is 1.56 bits per heavy atom. The van der Waals surface area contributed by atoms with Crippen LogP contribution < -0.4 is 15.4 Å². The maximum atomic E-state index is 12.5. The maximum absolute atomic E-state index is 12.5. The molecule has 2 aromatic heterocycles. The molecule has 2 heterocycles. The van der Waals surface area contributed by atoms with Crippen molar-refractivity contribution >= 4 is 23.1 Å². The highest BCUT2D eigenvalue weighted by molar-refractivity contribution is 6.00. The normalized spacial score (nSPS) is 10.6. The van der Waals surface area contributed by atoms with Crippen LogP contribution in [0, 0.1) is 0 Å². The first kappa shape index (κ1) is 19.3. The molecular weight excluding hydrogens is 404 g/mol. The predicted molar refractivity (Wildman–Crippen MR) is 122 cm³/mol. The first-order valence-corrected chi connectivity index (χ1v) is 9.91. The van der Waals surface area contributed by atoms with Gasteiger partial charge in [0, 0.05) is 16.9 Å². The molecule has 5 aromatic rings. The smallest absolute Gasteiger partial charge is 0.323 e. The molecule has 0 unspecified atom stereocenters. The van der Waals surface area contributed by atoms with Crippen molar-refractivity contribution in [3.8, 4) is 22.8 Å². The van der Waals surface area contributed by atoms with Gasteiger partial charge in [-0.3, -0.25) is 0 Å². The molecule has 156 valence electrons. The van der Waals surface area contributed by atoms with Gasteiger partial charge in [0.2, 0.25) is 0 Å². The summed E-state index contributed by atoms with van der Waals surface area (Å²) in [7, 11) is 0. The average molecular weight is 422 g/mol. The molecule has 8 heteroatoms. The molecule has 0 radical (unpaired) electrons. The number of aromatic nitrogens is 4. The number of carbonyl (C=O) groups is 1. The molecule has 8 nitrogen and oxygen atoms in total. The standard InChI is InChI=1S/C24H18N6O2/c31-24(26-18-9-11-21(12-10-18)32-20-7-2-1-3-8-20)27-19-6-4-5-17(15-19)22-13-14-23-28-25-16-30(23)29-22/h1-16H,(H2,26,27,31). The zero-order valence-corrected chi connectivity index (χ0v) is 16.8. The number of urea groups is 1. The number of carbonyl (C=O) groups excluding carboxylic acids is 1. The zero-order chi connectivity index (χ0) is 21.8. The third kappa shape index (κ3) is 4.39. The van der Waals surface area contributed by atoms with Crippen LogP contribution in [0.4, 0.5) is 16.2 Å². The van der Waals surface area contributed by atoms with Crippen molar-refractivity contribution in [1.82, 2.24) is 19.8 Å². The molecule has 0 fully saturated rings. The zero-order valence-electron chi connectivity index (χ0n) is 16.8. The van der Waals surface area contributed by atoms with Crippen molar-refractivity contribution in [1.29, 1.82) is 0 Å². The van der Waals surface area contributed by atoms with Crippen LogP contribution in [0.15, 0.2) is 97.3 Å². The van der Waals surface area contributed by atoms with E-state index >= 15 is 0 Å². The minimum Gasteiger partial charge on any atom is -0.457 e. The average Bonchev–Trinajstić information content (AvgIpc) is 3.29. The van der Waals surface area contributed by atoms with Gasteiger partial charge in [0.15, 0.2) is 5.65 Å². The number of nitrogens with zero attached hydrogens (tertiary/aromatic N) is 4. The largest absolute Gasteiger partial charge is 0.457 e. The molecule has 32 heavy (non-hydrogen) atoms. The van der Waals surface area contributed by atoms with Crippen LogP contribution in [0.1, 0.15) is 0 Å². The molecule has 0 spiro atoms. The predicted octanol–water partition coefficient (Wildman–Crippen LogP) is 5.23. The highest BCUT2D eigenvalue weighted by atomic mass is 16.5. The van der Waals surface area contributed by atoms with Gasteiger partial charge in [0.1, 0.15) is 17.8 Å². The number of ether oxygens (including phenoxy) is 1. The van der Waals surface area contributed by atoms with Gasteiger partial charge in [-0.2, -0.15) is 9.61 Å². The number of amides is 2. The number of nitrogens with one attached hydrogen (secondary N) is 2. The van der Waals surface area contributed by atoms with Gasteiger partial charge in [0.25, 0.3) is 0 Å². The molecule has 5 rings (SSSR count). The number of hydrogen-bond acceptors (Lipinski definition) is 5. The van der Waals surface area contributed by atoms with Crippen LogP contribution in [0.25, 0.3) is 16.9 Å². The summed E-state index contributed by atoms with van der Waals surface area (Å²) in [6, 6.07) is 27.5. The fraction of sp³-hybridized carbons (Fsp3) is 0. The van der Waals surface area contributed by atoms with E-state index in [4.69, 9.17) is 4.74 Å². The first-order valence-electron chi connectivity index (χ1n) is 9.91. The third-order valence-corrected chi connectivity index (χ3v) is 4.67. The molecule has 0 aliphatic carbocycles. The van der Waals surface area contributed by atoms with Crippen molar-refractivity contribution in [3.05, 3.63) is 97.3 Å². The van der Waals surface area contributed by atoms with Gasteiger partial charge in [-0.05, 0) is 60.7 Å². The highest BCUT2D eigenvalue weighted by Gasteiger charge is 2.07. The van der Waals surface area contributed by atoms with Crippen molar-refractivity contribution in [2.45, 2.75) is 0 Å². The molecule has 2 N–H and O–H groups in total. The molecular formula is C24H18N6O2. The fourth-order valence-corrected chi connectivity index (χ4v) is 3.16. The van der Waals surface area contributed by atoms with E-state index in [1.165, 1.54) is 0 Å². The van der Waals surface area contributed by atoms with Crippen molar-refractivity contribution < 1.29 is 9.53 Å². The van der Waals surface area contributed by atoms with Crippen LogP contribution in [-0.4, -0.2) is 25.8 Å². The van der Waals surface area contributed by atoms with Crippen LogP contribution in [0.2, 0.25) is 0 Å². The number of para-hydroxylation sites is 1. The molecule has 0 saturated heterocycles. The van der Waals surface area contributed by atoms with Crippen LogP contribution in [0.3, 0.4) is 0 Å². The molecule has 0 atom stereocenters. The van der Waals surface area contributed by atoms with Gasteiger partial charge in [-0.25, -0.2) is 4.79 Å². The molecule has 0 aliphatic heterocycles. The summed E-state index contributed by atoms with van der Waals surface area (Å²) >= 11 is 0. The summed E-state index contributed by atoms with van der Waals surface area (Å²) in [5, 5.41) is 17.9. The fourth-order valence-electron chi connectivity index (χ4n) is 3.16. The Labute approximate surface area is 183 Å². The van der Waals surface area contributed by atoms with E-state index in [1.807, 2.05) is 66.7 Å². The second kappa shape index (κ2) is 8.57. The number of benzene rings is 3. The van der Waals surface area contributed by atoms with E-state index in [9.17, 15) is 4.79 Å². The summed E-state index contributed by atoms with van der Waals surface area (Å²) in [6.07, 6.45) is 1.55. The SMILES string of the molecule is O=C(Nc1ccc(Oc2ccccc2)cc1)Nc1cccc(-c2ccc3nncn3n2)c1. The van der Waals surface area contributed by atoms with Gasteiger partial charge in [-0.1, -0.05) is 30.3 Å². The lowest BCUT2D eigenvalue weighted by atomic mass is 10.1. The monoisotopic (exact) mass is 422 g/mol. The minimum absolute atomic E-state index is 0.346. The summed E-state index contributed by atoms with van der Waals surface area (Å²) < 4.78 is 7.37. The topological polar surface area (TPSA) is 93.4 Å². The minimum atomic E-state index is -0.346. The molecule has 0 aliphatic rings. The second-order valence-corrected chi connectivity index (χ2v) is 6.95. The van der Waals surface area contributed by atoms with Crippen LogP contribution in [-0.2, 0) is 0 Å². The quantitative estimate of drug-likeness (QED) is 0.405. The Kier molecular flexibility index (Phi) is 5.15. The van der Waals surface area contributed by atoms with Crippen LogP contribution in [0.5, 0.6) is 11.5 Å². The Hall–Kier alpha value is -4.72. The Bertz CT molecular complexity index is 1370. The molecule has 2 amide bonds. The van der Waals surface area contributed by atoms with Crippen molar-refractivity contribution in [2.75, 3.05) is 10.6 Å². The highest BCUT2D eigenvalue weighted by Crippen LogP contribution is 2.24. The van der Waals surface area contributed by atoms with E-state index < -0.39 is 0 Å². The lowest BCUT2D eigenvalue weighted by molar-refractivity contribution is 0.262. The number of fused-ring (bicyclic) bond motifs is 1. The molecule has 0 bridgehead atoms. The van der Waals surface area contributed by atoms with Gasteiger partial charge >= 0.3 is 6.03 Å². The van der Waals surface area contributed by atoms with Crippen LogP contribution >= 0.6 is 0 Å². The number of hydrogen-bond donors (Lipinski definition) is 2. The Morgan fingerprint density at radius 3 is 2.41 bits per heavy atom.